The Morgan fingerprint density at radius 2 is 2.07 bits per heavy atom. The smallest absolute Gasteiger partial charge is 0.341 e. The van der Waals surface area contributed by atoms with Crippen molar-refractivity contribution in [3.8, 4) is 0 Å². The van der Waals surface area contributed by atoms with Crippen LogP contribution in [-0.2, 0) is 31.1 Å². The van der Waals surface area contributed by atoms with Gasteiger partial charge in [-0.25, -0.2) is 0 Å². The summed E-state index contributed by atoms with van der Waals surface area (Å²) in [7, 11) is 3.50. The zero-order chi connectivity index (χ0) is 19.9. The predicted molar refractivity (Wildman–Crippen MR) is 95.9 cm³/mol. The van der Waals surface area contributed by atoms with E-state index < -0.39 is 11.9 Å². The molecule has 0 aromatic carbocycles. The largest absolute Gasteiger partial charge is 0.436 e. The molecule has 0 unspecified atom stereocenters. The van der Waals surface area contributed by atoms with Gasteiger partial charge in [0.1, 0.15) is 0 Å². The summed E-state index contributed by atoms with van der Waals surface area (Å²) in [5, 5.41) is 7.88. The molecule has 2 heterocycles. The second-order valence-corrected chi connectivity index (χ2v) is 7.71. The van der Waals surface area contributed by atoms with Crippen LogP contribution in [-0.4, -0.2) is 37.4 Å². The van der Waals surface area contributed by atoms with Crippen molar-refractivity contribution in [2.45, 2.75) is 51.4 Å². The maximum absolute atomic E-state index is 13.1. The highest BCUT2D eigenvalue weighted by Gasteiger charge is 2.41. The second-order valence-electron chi connectivity index (χ2n) is 6.92. The van der Waals surface area contributed by atoms with Crippen molar-refractivity contribution in [1.82, 2.24) is 24.5 Å². The molecule has 0 atom stereocenters. The molecule has 3 rings (SSSR count). The van der Waals surface area contributed by atoms with Crippen LogP contribution in [0.5, 0.6) is 0 Å². The highest BCUT2D eigenvalue weighted by Crippen LogP contribution is 2.47. The van der Waals surface area contributed by atoms with Gasteiger partial charge in [0.15, 0.2) is 5.69 Å². The molecule has 0 spiro atoms. The molecule has 10 heteroatoms. The summed E-state index contributed by atoms with van der Waals surface area (Å²) in [6.45, 7) is 2.45. The Morgan fingerprint density at radius 1 is 1.41 bits per heavy atom. The van der Waals surface area contributed by atoms with Crippen molar-refractivity contribution < 1.29 is 18.0 Å². The van der Waals surface area contributed by atoms with E-state index >= 15 is 0 Å². The molecule has 0 bridgehead atoms. The van der Waals surface area contributed by atoms with Crippen LogP contribution in [0.15, 0.2) is 10.7 Å². The van der Waals surface area contributed by atoms with E-state index in [0.29, 0.717) is 12.2 Å². The average molecular weight is 448 g/mol. The van der Waals surface area contributed by atoms with Crippen LogP contribution >= 0.6 is 15.9 Å². The van der Waals surface area contributed by atoms with Crippen LogP contribution in [0.25, 0.3) is 0 Å². The fourth-order valence-corrected chi connectivity index (χ4v) is 3.82. The molecule has 2 aromatic heterocycles. The van der Waals surface area contributed by atoms with Crippen molar-refractivity contribution in [1.29, 1.82) is 0 Å². The van der Waals surface area contributed by atoms with Gasteiger partial charge in [0.25, 0.3) is 0 Å². The van der Waals surface area contributed by atoms with Gasteiger partial charge in [-0.3, -0.25) is 14.2 Å². The number of aryl methyl sites for hydroxylation is 2. The summed E-state index contributed by atoms with van der Waals surface area (Å²) < 4.78 is 42.5. The Balaban J connectivity index is 1.69. The van der Waals surface area contributed by atoms with Crippen molar-refractivity contribution in [2.75, 3.05) is 7.05 Å². The highest BCUT2D eigenvalue weighted by molar-refractivity contribution is 9.10. The maximum atomic E-state index is 13.1. The van der Waals surface area contributed by atoms with Crippen molar-refractivity contribution in [3.05, 3.63) is 33.3 Å². The number of hydrogen-bond donors (Lipinski definition) is 0. The lowest BCUT2D eigenvalue weighted by Gasteiger charge is -2.17. The van der Waals surface area contributed by atoms with Crippen molar-refractivity contribution in [2.24, 2.45) is 7.05 Å². The molecule has 148 valence electrons. The Morgan fingerprint density at radius 3 is 2.59 bits per heavy atom. The third-order valence-electron chi connectivity index (χ3n) is 4.87. The number of halogens is 4. The summed E-state index contributed by atoms with van der Waals surface area (Å²) in [5.41, 5.74) is 1.53. The van der Waals surface area contributed by atoms with Gasteiger partial charge in [0.2, 0.25) is 5.91 Å². The lowest BCUT2D eigenvalue weighted by Crippen LogP contribution is -2.27. The number of alkyl halides is 3. The quantitative estimate of drug-likeness (QED) is 0.679. The van der Waals surface area contributed by atoms with E-state index in [9.17, 15) is 18.0 Å². The third-order valence-corrected chi connectivity index (χ3v) is 5.65. The van der Waals surface area contributed by atoms with E-state index in [0.717, 1.165) is 24.1 Å². The fraction of sp³-hybridized carbons (Fsp3) is 0.588. The fourth-order valence-electron chi connectivity index (χ4n) is 2.99. The number of aromatic nitrogens is 4. The van der Waals surface area contributed by atoms with Gasteiger partial charge in [0.05, 0.1) is 22.9 Å². The first-order chi connectivity index (χ1) is 12.6. The lowest BCUT2D eigenvalue weighted by molar-refractivity contribution is -0.142. The first-order valence-electron chi connectivity index (χ1n) is 8.64. The van der Waals surface area contributed by atoms with Crippen LogP contribution in [0.2, 0.25) is 0 Å². The van der Waals surface area contributed by atoms with E-state index in [1.54, 1.807) is 22.8 Å². The van der Waals surface area contributed by atoms with Crippen LogP contribution < -0.4 is 0 Å². The zero-order valence-corrected chi connectivity index (χ0v) is 16.9. The predicted octanol–water partition coefficient (Wildman–Crippen LogP) is 3.63. The normalized spacial score (nSPS) is 14.6. The Bertz CT molecular complexity index is 854. The van der Waals surface area contributed by atoms with Gasteiger partial charge in [0, 0.05) is 44.2 Å². The summed E-state index contributed by atoms with van der Waals surface area (Å²) in [6, 6.07) is 0. The monoisotopic (exact) mass is 447 g/mol. The van der Waals surface area contributed by atoms with Crippen LogP contribution in [0.1, 0.15) is 47.8 Å². The Labute approximate surface area is 163 Å². The standard InChI is InChI=1S/C17H21BrF3N5O/c1-10-12(8-22-25(10)3)9-24(2)13(27)6-7-26-15(11-4-5-11)14(18)16(23-26)17(19,20)21/h8,11H,4-7,9H2,1-3H3. The van der Waals surface area contributed by atoms with Crippen molar-refractivity contribution >= 4 is 21.8 Å². The summed E-state index contributed by atoms with van der Waals surface area (Å²) >= 11 is 3.06. The van der Waals surface area contributed by atoms with Gasteiger partial charge in [-0.15, -0.1) is 0 Å². The van der Waals surface area contributed by atoms with Gasteiger partial charge in [-0.05, 0) is 35.7 Å². The minimum Gasteiger partial charge on any atom is -0.341 e. The lowest BCUT2D eigenvalue weighted by atomic mass is 10.2. The number of hydrogen-bond acceptors (Lipinski definition) is 3. The number of rotatable bonds is 6. The average Bonchev–Trinajstić information content (AvgIpc) is 3.30. The summed E-state index contributed by atoms with van der Waals surface area (Å²) in [4.78, 5) is 14.0. The molecule has 1 aliphatic rings. The molecule has 1 amide bonds. The number of carbonyl (C=O) groups excluding carboxylic acids is 1. The topological polar surface area (TPSA) is 56.0 Å². The molecule has 1 saturated carbocycles. The highest BCUT2D eigenvalue weighted by atomic mass is 79.9. The molecule has 0 saturated heterocycles. The first-order valence-corrected chi connectivity index (χ1v) is 9.43. The van der Waals surface area contributed by atoms with Gasteiger partial charge in [-0.1, -0.05) is 0 Å². The third kappa shape index (κ3) is 4.20. The molecular formula is C17H21BrF3N5O. The molecule has 0 N–H and O–H groups in total. The van der Waals surface area contributed by atoms with E-state index in [1.165, 1.54) is 4.68 Å². The number of nitrogens with zero attached hydrogens (tertiary/aromatic N) is 5. The van der Waals surface area contributed by atoms with Gasteiger partial charge in [-0.2, -0.15) is 23.4 Å². The molecule has 6 nitrogen and oxygen atoms in total. The van der Waals surface area contributed by atoms with Crippen molar-refractivity contribution in [3.63, 3.8) is 0 Å². The first kappa shape index (κ1) is 19.9. The Hall–Kier alpha value is -1.84. The molecule has 0 radical (unpaired) electrons. The van der Waals surface area contributed by atoms with Crippen LogP contribution in [0.4, 0.5) is 13.2 Å². The Kier molecular flexibility index (Phi) is 5.38. The minimum absolute atomic E-state index is 0.00397. The molecule has 1 aliphatic carbocycles. The molecular weight excluding hydrogens is 427 g/mol. The molecule has 27 heavy (non-hydrogen) atoms. The van der Waals surface area contributed by atoms with Crippen LogP contribution in [0.3, 0.4) is 0 Å². The van der Waals surface area contributed by atoms with E-state index in [-0.39, 0.29) is 29.3 Å². The molecule has 0 aliphatic heterocycles. The minimum atomic E-state index is -4.52. The summed E-state index contributed by atoms with van der Waals surface area (Å²) in [6.07, 6.45) is -1.04. The SMILES string of the molecule is Cc1c(CN(C)C(=O)CCn2nc(C(F)(F)F)c(Br)c2C2CC2)cnn1C. The molecule has 2 aromatic rings. The van der Waals surface area contributed by atoms with Crippen LogP contribution in [0, 0.1) is 6.92 Å². The van der Waals surface area contributed by atoms with E-state index in [1.807, 2.05) is 14.0 Å². The van der Waals surface area contributed by atoms with Gasteiger partial charge >= 0.3 is 6.18 Å². The maximum Gasteiger partial charge on any atom is 0.436 e. The molecule has 1 fully saturated rings. The van der Waals surface area contributed by atoms with Gasteiger partial charge < -0.3 is 4.90 Å². The van der Waals surface area contributed by atoms with E-state index in [4.69, 9.17) is 0 Å². The van der Waals surface area contributed by atoms with E-state index in [2.05, 4.69) is 26.1 Å². The number of amides is 1. The zero-order valence-electron chi connectivity index (χ0n) is 15.3. The number of carbonyl (C=O) groups is 1. The summed E-state index contributed by atoms with van der Waals surface area (Å²) in [5.74, 6) is -0.0750. The second kappa shape index (κ2) is 7.29.